The van der Waals surface area contributed by atoms with Gasteiger partial charge < -0.3 is 4.74 Å². The van der Waals surface area contributed by atoms with E-state index in [1.54, 1.807) is 7.11 Å². The molecule has 1 amide bonds. The molecule has 0 bridgehead atoms. The van der Waals surface area contributed by atoms with Crippen molar-refractivity contribution in [1.29, 1.82) is 0 Å². The van der Waals surface area contributed by atoms with Crippen LogP contribution in [-0.4, -0.2) is 19.1 Å². The van der Waals surface area contributed by atoms with E-state index in [0.717, 1.165) is 24.2 Å². The first-order valence-corrected chi connectivity index (χ1v) is 6.35. The average molecular weight is 249 g/mol. The molecule has 1 aliphatic carbocycles. The Balaban J connectivity index is 1.78. The van der Waals surface area contributed by atoms with E-state index in [0.29, 0.717) is 6.42 Å². The maximum Gasteiger partial charge on any atom is 0.247 e. The molecule has 0 radical (unpaired) electrons. The van der Waals surface area contributed by atoms with Crippen LogP contribution < -0.4 is 10.2 Å². The molecule has 2 rings (SSSR count). The minimum atomic E-state index is -0.116. The van der Waals surface area contributed by atoms with Crippen molar-refractivity contribution in [2.45, 2.75) is 38.2 Å². The van der Waals surface area contributed by atoms with Crippen molar-refractivity contribution in [3.8, 4) is 5.75 Å². The smallest absolute Gasteiger partial charge is 0.247 e. The molecule has 1 aromatic rings. The topological polar surface area (TPSA) is 47.6 Å². The molecule has 98 valence electrons. The zero-order chi connectivity index (χ0) is 12.8. The SMILES string of the molecule is COc1cccc(CC(=O)NOC2CCCC2)c1. The summed E-state index contributed by atoms with van der Waals surface area (Å²) in [5.41, 5.74) is 3.45. The molecule has 18 heavy (non-hydrogen) atoms. The third-order valence-corrected chi connectivity index (χ3v) is 3.14. The highest BCUT2D eigenvalue weighted by molar-refractivity contribution is 5.77. The molecule has 0 saturated heterocycles. The third-order valence-electron chi connectivity index (χ3n) is 3.14. The number of amides is 1. The minimum absolute atomic E-state index is 0.116. The predicted octanol–water partition coefficient (Wildman–Crippen LogP) is 2.23. The van der Waals surface area contributed by atoms with Gasteiger partial charge in [0.05, 0.1) is 19.6 Å². The fourth-order valence-corrected chi connectivity index (χ4v) is 2.16. The number of benzene rings is 1. The van der Waals surface area contributed by atoms with Crippen molar-refractivity contribution >= 4 is 5.91 Å². The van der Waals surface area contributed by atoms with Crippen LogP contribution >= 0.6 is 0 Å². The van der Waals surface area contributed by atoms with E-state index in [4.69, 9.17) is 9.57 Å². The Bertz CT molecular complexity index is 400. The Morgan fingerprint density at radius 2 is 2.17 bits per heavy atom. The molecule has 1 aliphatic rings. The fraction of sp³-hybridized carbons (Fsp3) is 0.500. The molecule has 0 unspecified atom stereocenters. The average Bonchev–Trinajstić information content (AvgIpc) is 2.90. The lowest BCUT2D eigenvalue weighted by atomic mass is 10.1. The second-order valence-electron chi connectivity index (χ2n) is 4.58. The van der Waals surface area contributed by atoms with Gasteiger partial charge in [-0.05, 0) is 30.5 Å². The molecule has 0 spiro atoms. The molecular formula is C14H19NO3. The number of hydrogen-bond donors (Lipinski definition) is 1. The first-order chi connectivity index (χ1) is 8.78. The predicted molar refractivity (Wildman–Crippen MR) is 68.2 cm³/mol. The Kier molecular flexibility index (Phi) is 4.59. The van der Waals surface area contributed by atoms with Crippen LogP contribution in [0.15, 0.2) is 24.3 Å². The zero-order valence-corrected chi connectivity index (χ0v) is 10.6. The number of carbonyl (C=O) groups excluding carboxylic acids is 1. The minimum Gasteiger partial charge on any atom is -0.497 e. The molecule has 1 saturated carbocycles. The Morgan fingerprint density at radius 3 is 2.89 bits per heavy atom. The number of methoxy groups -OCH3 is 1. The number of hydroxylamine groups is 1. The van der Waals surface area contributed by atoms with Crippen LogP contribution in [0, 0.1) is 0 Å². The normalized spacial score (nSPS) is 15.6. The van der Waals surface area contributed by atoms with Gasteiger partial charge in [-0.15, -0.1) is 0 Å². The molecular weight excluding hydrogens is 230 g/mol. The Labute approximate surface area is 107 Å². The second kappa shape index (κ2) is 6.40. The largest absolute Gasteiger partial charge is 0.497 e. The van der Waals surface area contributed by atoms with Crippen LogP contribution in [0.25, 0.3) is 0 Å². The number of hydrogen-bond acceptors (Lipinski definition) is 3. The lowest BCUT2D eigenvalue weighted by Crippen LogP contribution is -2.29. The summed E-state index contributed by atoms with van der Waals surface area (Å²) in [6.07, 6.45) is 4.97. The van der Waals surface area contributed by atoms with Crippen molar-refractivity contribution in [2.24, 2.45) is 0 Å². The van der Waals surface area contributed by atoms with Crippen molar-refractivity contribution < 1.29 is 14.4 Å². The van der Waals surface area contributed by atoms with Gasteiger partial charge in [-0.25, -0.2) is 5.48 Å². The summed E-state index contributed by atoms with van der Waals surface area (Å²) < 4.78 is 5.11. The van der Waals surface area contributed by atoms with E-state index in [1.807, 2.05) is 24.3 Å². The van der Waals surface area contributed by atoms with Crippen molar-refractivity contribution in [2.75, 3.05) is 7.11 Å². The van der Waals surface area contributed by atoms with Crippen LogP contribution in [0.2, 0.25) is 0 Å². The van der Waals surface area contributed by atoms with Gasteiger partial charge in [-0.1, -0.05) is 25.0 Å². The highest BCUT2D eigenvalue weighted by Crippen LogP contribution is 2.20. The third kappa shape index (κ3) is 3.74. The highest BCUT2D eigenvalue weighted by atomic mass is 16.7. The van der Waals surface area contributed by atoms with E-state index in [2.05, 4.69) is 5.48 Å². The second-order valence-corrected chi connectivity index (χ2v) is 4.58. The van der Waals surface area contributed by atoms with E-state index in [1.165, 1.54) is 12.8 Å². The summed E-state index contributed by atoms with van der Waals surface area (Å²) in [5, 5.41) is 0. The van der Waals surface area contributed by atoms with Gasteiger partial charge in [0, 0.05) is 0 Å². The zero-order valence-electron chi connectivity index (χ0n) is 10.6. The highest BCUT2D eigenvalue weighted by Gasteiger charge is 2.16. The number of nitrogens with one attached hydrogen (secondary N) is 1. The summed E-state index contributed by atoms with van der Waals surface area (Å²) in [4.78, 5) is 17.1. The molecule has 1 aromatic carbocycles. The van der Waals surface area contributed by atoms with Crippen molar-refractivity contribution in [1.82, 2.24) is 5.48 Å². The van der Waals surface area contributed by atoms with Gasteiger partial charge >= 0.3 is 0 Å². The van der Waals surface area contributed by atoms with Crippen LogP contribution in [-0.2, 0) is 16.1 Å². The van der Waals surface area contributed by atoms with Gasteiger partial charge in [0.25, 0.3) is 0 Å². The summed E-state index contributed by atoms with van der Waals surface area (Å²) in [5.74, 6) is 0.646. The Hall–Kier alpha value is -1.55. The number of ether oxygens (including phenoxy) is 1. The Morgan fingerprint density at radius 1 is 1.39 bits per heavy atom. The van der Waals surface area contributed by atoms with Crippen LogP contribution in [0.1, 0.15) is 31.2 Å². The lowest BCUT2D eigenvalue weighted by Gasteiger charge is -2.11. The van der Waals surface area contributed by atoms with Gasteiger partial charge in [-0.2, -0.15) is 0 Å². The molecule has 0 atom stereocenters. The first kappa shape index (κ1) is 12.9. The van der Waals surface area contributed by atoms with Gasteiger partial charge in [0.15, 0.2) is 0 Å². The van der Waals surface area contributed by atoms with Crippen molar-refractivity contribution in [3.05, 3.63) is 29.8 Å². The summed E-state index contributed by atoms with van der Waals surface area (Å²) >= 11 is 0. The maximum atomic E-state index is 11.7. The maximum absolute atomic E-state index is 11.7. The van der Waals surface area contributed by atoms with Crippen LogP contribution in [0.3, 0.4) is 0 Å². The summed E-state index contributed by atoms with van der Waals surface area (Å²) in [6, 6.07) is 7.49. The molecule has 0 aromatic heterocycles. The van der Waals surface area contributed by atoms with E-state index in [9.17, 15) is 4.79 Å². The van der Waals surface area contributed by atoms with E-state index < -0.39 is 0 Å². The number of rotatable bonds is 5. The monoisotopic (exact) mass is 249 g/mol. The van der Waals surface area contributed by atoms with E-state index in [-0.39, 0.29) is 12.0 Å². The fourth-order valence-electron chi connectivity index (χ4n) is 2.16. The lowest BCUT2D eigenvalue weighted by molar-refractivity contribution is -0.137. The number of carbonyl (C=O) groups is 1. The molecule has 1 fully saturated rings. The quantitative estimate of drug-likeness (QED) is 0.814. The standard InChI is InChI=1S/C14H19NO3/c1-17-13-8-4-5-11(9-13)10-14(16)15-18-12-6-2-3-7-12/h4-5,8-9,12H,2-3,6-7,10H2,1H3,(H,15,16). The molecule has 4 nitrogen and oxygen atoms in total. The summed E-state index contributed by atoms with van der Waals surface area (Å²) in [7, 11) is 1.61. The van der Waals surface area contributed by atoms with Crippen LogP contribution in [0.4, 0.5) is 0 Å². The molecule has 0 heterocycles. The molecule has 1 N–H and O–H groups in total. The summed E-state index contributed by atoms with van der Waals surface area (Å²) in [6.45, 7) is 0. The van der Waals surface area contributed by atoms with Gasteiger partial charge in [-0.3, -0.25) is 9.63 Å². The van der Waals surface area contributed by atoms with Gasteiger partial charge in [0.2, 0.25) is 5.91 Å². The van der Waals surface area contributed by atoms with Gasteiger partial charge in [0.1, 0.15) is 5.75 Å². The molecule has 4 heteroatoms. The van der Waals surface area contributed by atoms with Crippen LogP contribution in [0.5, 0.6) is 5.75 Å². The molecule has 0 aliphatic heterocycles. The first-order valence-electron chi connectivity index (χ1n) is 6.35. The van der Waals surface area contributed by atoms with Crippen molar-refractivity contribution in [3.63, 3.8) is 0 Å². The van der Waals surface area contributed by atoms with E-state index >= 15 is 0 Å².